The second-order valence-electron chi connectivity index (χ2n) is 6.24. The number of hydrogen-bond acceptors (Lipinski definition) is 4. The topological polar surface area (TPSA) is 72.0 Å². The minimum absolute atomic E-state index is 0.253. The van der Waals surface area contributed by atoms with Crippen LogP contribution in [0.4, 0.5) is 14.5 Å². The van der Waals surface area contributed by atoms with Gasteiger partial charge < -0.3 is 0 Å². The lowest BCUT2D eigenvalue weighted by atomic mass is 10.0. The summed E-state index contributed by atoms with van der Waals surface area (Å²) in [7, 11) is -4.15. The number of anilines is 1. The first-order valence-corrected chi connectivity index (χ1v) is 9.65. The fraction of sp³-hybridized carbons (Fsp3) is 0.158. The molecule has 0 amide bonds. The first kappa shape index (κ1) is 18.9. The zero-order valence-corrected chi connectivity index (χ0v) is 15.5. The lowest BCUT2D eigenvalue weighted by molar-refractivity contribution is 0.592. The SMILES string of the molecule is CC(C)c1cc(-c2ccc(S(=O)(=O)Nc3cc(F)ccc3F)nc2)ccn1. The van der Waals surface area contributed by atoms with Crippen molar-refractivity contribution < 1.29 is 17.2 Å². The molecule has 5 nitrogen and oxygen atoms in total. The van der Waals surface area contributed by atoms with Crippen LogP contribution in [0.1, 0.15) is 25.5 Å². The van der Waals surface area contributed by atoms with E-state index in [-0.39, 0.29) is 10.9 Å². The van der Waals surface area contributed by atoms with Gasteiger partial charge in [-0.25, -0.2) is 13.8 Å². The molecule has 2 aromatic heterocycles. The Kier molecular flexibility index (Phi) is 5.18. The van der Waals surface area contributed by atoms with Gasteiger partial charge in [-0.15, -0.1) is 0 Å². The van der Waals surface area contributed by atoms with Crippen LogP contribution in [-0.2, 0) is 10.0 Å². The van der Waals surface area contributed by atoms with Crippen molar-refractivity contribution in [2.24, 2.45) is 0 Å². The van der Waals surface area contributed by atoms with Gasteiger partial charge in [-0.1, -0.05) is 13.8 Å². The molecule has 0 aliphatic rings. The van der Waals surface area contributed by atoms with Crippen molar-refractivity contribution in [3.8, 4) is 11.1 Å². The van der Waals surface area contributed by atoms with Crippen molar-refractivity contribution in [2.45, 2.75) is 24.8 Å². The summed E-state index contributed by atoms with van der Waals surface area (Å²) in [6, 6.07) is 9.15. The zero-order valence-electron chi connectivity index (χ0n) is 14.6. The van der Waals surface area contributed by atoms with Crippen molar-refractivity contribution >= 4 is 15.7 Å². The fourth-order valence-corrected chi connectivity index (χ4v) is 3.42. The van der Waals surface area contributed by atoms with Gasteiger partial charge >= 0.3 is 0 Å². The monoisotopic (exact) mass is 389 g/mol. The predicted molar refractivity (Wildman–Crippen MR) is 98.7 cm³/mol. The quantitative estimate of drug-likeness (QED) is 0.704. The average molecular weight is 389 g/mol. The molecule has 0 saturated carbocycles. The Morgan fingerprint density at radius 3 is 2.41 bits per heavy atom. The van der Waals surface area contributed by atoms with E-state index < -0.39 is 27.3 Å². The predicted octanol–water partition coefficient (Wildman–Crippen LogP) is 4.35. The largest absolute Gasteiger partial charge is 0.279 e. The highest BCUT2D eigenvalue weighted by Gasteiger charge is 2.18. The van der Waals surface area contributed by atoms with Crippen LogP contribution >= 0.6 is 0 Å². The molecular weight excluding hydrogens is 372 g/mol. The van der Waals surface area contributed by atoms with Gasteiger partial charge in [0.05, 0.1) is 5.69 Å². The number of halogens is 2. The van der Waals surface area contributed by atoms with Crippen molar-refractivity contribution in [1.82, 2.24) is 9.97 Å². The molecule has 0 saturated heterocycles. The van der Waals surface area contributed by atoms with Gasteiger partial charge in [0.2, 0.25) is 0 Å². The van der Waals surface area contributed by atoms with Gasteiger partial charge in [-0.3, -0.25) is 9.71 Å². The van der Waals surface area contributed by atoms with Crippen LogP contribution in [0, 0.1) is 11.6 Å². The van der Waals surface area contributed by atoms with Gasteiger partial charge in [0.1, 0.15) is 11.6 Å². The number of benzene rings is 1. The number of hydrogen-bond donors (Lipinski definition) is 1. The number of pyridine rings is 2. The molecule has 140 valence electrons. The zero-order chi connectivity index (χ0) is 19.6. The lowest BCUT2D eigenvalue weighted by Gasteiger charge is -2.10. The summed E-state index contributed by atoms with van der Waals surface area (Å²) < 4.78 is 53.7. The summed E-state index contributed by atoms with van der Waals surface area (Å²) in [6.45, 7) is 4.05. The Morgan fingerprint density at radius 2 is 1.74 bits per heavy atom. The Labute approximate surface area is 156 Å². The van der Waals surface area contributed by atoms with E-state index in [0.717, 1.165) is 35.0 Å². The normalized spacial score (nSPS) is 11.6. The average Bonchev–Trinajstić information content (AvgIpc) is 2.65. The van der Waals surface area contributed by atoms with E-state index in [0.29, 0.717) is 0 Å². The maximum atomic E-state index is 13.7. The molecular formula is C19H17F2N3O2S. The number of nitrogens with zero attached hydrogens (tertiary/aromatic N) is 2. The van der Waals surface area contributed by atoms with E-state index in [9.17, 15) is 17.2 Å². The second kappa shape index (κ2) is 7.40. The maximum absolute atomic E-state index is 13.7. The summed E-state index contributed by atoms with van der Waals surface area (Å²) in [5, 5.41) is -0.298. The molecule has 3 aromatic rings. The van der Waals surface area contributed by atoms with Gasteiger partial charge in [0, 0.05) is 29.7 Å². The van der Waals surface area contributed by atoms with Crippen LogP contribution in [0.3, 0.4) is 0 Å². The molecule has 0 radical (unpaired) electrons. The van der Waals surface area contributed by atoms with Gasteiger partial charge in [0.25, 0.3) is 10.0 Å². The molecule has 27 heavy (non-hydrogen) atoms. The summed E-state index contributed by atoms with van der Waals surface area (Å²) in [4.78, 5) is 8.25. The van der Waals surface area contributed by atoms with E-state index in [2.05, 4.69) is 9.97 Å². The van der Waals surface area contributed by atoms with Crippen molar-refractivity contribution in [1.29, 1.82) is 0 Å². The third-order valence-electron chi connectivity index (χ3n) is 3.89. The van der Waals surface area contributed by atoms with E-state index in [1.165, 1.54) is 12.3 Å². The number of aromatic nitrogens is 2. The summed E-state index contributed by atoms with van der Waals surface area (Å²) in [6.07, 6.45) is 3.10. The standard InChI is InChI=1S/C19H17F2N3O2S/c1-12(2)17-9-13(7-8-22-17)14-3-6-19(23-11-14)27(25,26)24-18-10-15(20)4-5-16(18)21/h3-12,24H,1-2H3. The maximum Gasteiger partial charge on any atom is 0.279 e. The van der Waals surface area contributed by atoms with E-state index in [4.69, 9.17) is 0 Å². The third-order valence-corrected chi connectivity index (χ3v) is 5.17. The molecule has 3 rings (SSSR count). The number of rotatable bonds is 5. The molecule has 0 unspecified atom stereocenters. The summed E-state index contributed by atoms with van der Waals surface area (Å²) in [5.74, 6) is -1.38. The second-order valence-corrected chi connectivity index (χ2v) is 7.87. The van der Waals surface area contributed by atoms with Gasteiger partial charge in [-0.05, 0) is 47.9 Å². The first-order chi connectivity index (χ1) is 12.8. The summed E-state index contributed by atoms with van der Waals surface area (Å²) >= 11 is 0. The van der Waals surface area contributed by atoms with Crippen LogP contribution in [0.15, 0.2) is 59.9 Å². The van der Waals surface area contributed by atoms with Crippen LogP contribution in [-0.4, -0.2) is 18.4 Å². The minimum Gasteiger partial charge on any atom is -0.275 e. The highest BCUT2D eigenvalue weighted by atomic mass is 32.2. The molecule has 0 aliphatic carbocycles. The van der Waals surface area contributed by atoms with Crippen molar-refractivity contribution in [3.63, 3.8) is 0 Å². The molecule has 1 N–H and O–H groups in total. The first-order valence-electron chi connectivity index (χ1n) is 8.16. The fourth-order valence-electron chi connectivity index (χ4n) is 2.43. The minimum atomic E-state index is -4.15. The molecule has 0 fully saturated rings. The Bertz CT molecular complexity index is 1070. The van der Waals surface area contributed by atoms with E-state index >= 15 is 0 Å². The van der Waals surface area contributed by atoms with Crippen molar-refractivity contribution in [3.05, 3.63) is 72.2 Å². The van der Waals surface area contributed by atoms with Gasteiger partial charge in [-0.2, -0.15) is 8.42 Å². The highest BCUT2D eigenvalue weighted by Crippen LogP contribution is 2.24. The van der Waals surface area contributed by atoms with E-state index in [1.807, 2.05) is 24.6 Å². The van der Waals surface area contributed by atoms with Crippen LogP contribution in [0.5, 0.6) is 0 Å². The molecule has 0 spiro atoms. The van der Waals surface area contributed by atoms with Crippen molar-refractivity contribution in [2.75, 3.05) is 4.72 Å². The van der Waals surface area contributed by atoms with Gasteiger partial charge in [0.15, 0.2) is 5.03 Å². The van der Waals surface area contributed by atoms with Crippen LogP contribution in [0.2, 0.25) is 0 Å². The lowest BCUT2D eigenvalue weighted by Crippen LogP contribution is -2.15. The smallest absolute Gasteiger partial charge is 0.275 e. The molecule has 1 aromatic carbocycles. The molecule has 8 heteroatoms. The third kappa shape index (κ3) is 4.28. The highest BCUT2D eigenvalue weighted by molar-refractivity contribution is 7.92. The Hall–Kier alpha value is -2.87. The molecule has 0 bridgehead atoms. The Balaban J connectivity index is 1.88. The van der Waals surface area contributed by atoms with Crippen LogP contribution in [0.25, 0.3) is 11.1 Å². The molecule has 2 heterocycles. The number of nitrogens with one attached hydrogen (secondary N) is 1. The molecule has 0 aliphatic heterocycles. The number of sulfonamides is 1. The molecule has 0 atom stereocenters. The van der Waals surface area contributed by atoms with E-state index in [1.54, 1.807) is 18.3 Å². The Morgan fingerprint density at radius 1 is 0.963 bits per heavy atom. The van der Waals surface area contributed by atoms with Crippen LogP contribution < -0.4 is 4.72 Å². The summed E-state index contributed by atoms with van der Waals surface area (Å²) in [5.41, 5.74) is 2.01.